The lowest BCUT2D eigenvalue weighted by Gasteiger charge is -2.35. The summed E-state index contributed by atoms with van der Waals surface area (Å²) in [6.45, 7) is 18.5. The third-order valence-electron chi connectivity index (χ3n) is 6.58. The van der Waals surface area contributed by atoms with Gasteiger partial charge in [0.25, 0.3) is 0 Å². The second kappa shape index (κ2) is 18.5. The Labute approximate surface area is 243 Å². The zero-order valence-corrected chi connectivity index (χ0v) is 26.2. The number of unbranched alkanes of at least 4 members (excludes halogenated alkanes) is 6. The summed E-state index contributed by atoms with van der Waals surface area (Å²) in [5.41, 5.74) is 0.913. The average Bonchev–Trinajstić information content (AvgIpc) is 2.88. The first-order chi connectivity index (χ1) is 18.9. The highest BCUT2D eigenvalue weighted by molar-refractivity contribution is 5.92. The topological polar surface area (TPSA) is 87.7 Å². The van der Waals surface area contributed by atoms with Gasteiger partial charge in [0.2, 0.25) is 11.8 Å². The molecule has 0 aliphatic heterocycles. The molecule has 2 N–H and O–H groups in total. The van der Waals surface area contributed by atoms with Gasteiger partial charge < -0.3 is 20.3 Å². The normalized spacial score (nSPS) is 12.9. The van der Waals surface area contributed by atoms with Crippen LogP contribution in [0.2, 0.25) is 0 Å². The lowest BCUT2D eigenvalue weighted by atomic mass is 9.97. The Morgan fingerprint density at radius 3 is 2.25 bits per heavy atom. The van der Waals surface area contributed by atoms with Crippen LogP contribution in [0.25, 0.3) is 6.08 Å². The molecule has 0 heterocycles. The highest BCUT2D eigenvalue weighted by Crippen LogP contribution is 2.26. The molecule has 0 aliphatic carbocycles. The van der Waals surface area contributed by atoms with Crippen molar-refractivity contribution in [3.05, 3.63) is 42.0 Å². The predicted octanol–water partition coefficient (Wildman–Crippen LogP) is 7.42. The molecule has 2 atom stereocenters. The van der Waals surface area contributed by atoms with Crippen LogP contribution < -0.4 is 10.6 Å². The molecule has 0 aliphatic rings. The van der Waals surface area contributed by atoms with Crippen molar-refractivity contribution in [1.82, 2.24) is 15.5 Å². The molecule has 0 bridgehead atoms. The molecule has 226 valence electrons. The van der Waals surface area contributed by atoms with Gasteiger partial charge in [-0.2, -0.15) is 0 Å². The molecule has 7 nitrogen and oxygen atoms in total. The number of ether oxygens (including phenoxy) is 1. The molecule has 0 spiro atoms. The number of rotatable bonds is 18. The fraction of sp³-hybridized carbons (Fsp3) is 0.667. The molecule has 7 heteroatoms. The summed E-state index contributed by atoms with van der Waals surface area (Å²) in [6, 6.07) is 5.98. The van der Waals surface area contributed by atoms with Crippen molar-refractivity contribution >= 4 is 24.0 Å². The van der Waals surface area contributed by atoms with Crippen molar-refractivity contribution in [2.45, 2.75) is 124 Å². The quantitative estimate of drug-likeness (QED) is 0.184. The molecule has 2 unspecified atom stereocenters. The predicted molar refractivity (Wildman–Crippen MR) is 165 cm³/mol. The highest BCUT2D eigenvalue weighted by Gasteiger charge is 2.36. The van der Waals surface area contributed by atoms with Crippen molar-refractivity contribution in [3.63, 3.8) is 0 Å². The smallest absolute Gasteiger partial charge is 0.408 e. The Kier molecular flexibility index (Phi) is 16.3. The number of carbonyl (C=O) groups is 3. The first-order valence-electron chi connectivity index (χ1n) is 15.2. The van der Waals surface area contributed by atoms with Gasteiger partial charge in [-0.1, -0.05) is 97.1 Å². The van der Waals surface area contributed by atoms with Crippen LogP contribution in [-0.2, 0) is 14.3 Å². The van der Waals surface area contributed by atoms with Crippen LogP contribution in [0.5, 0.6) is 0 Å². The Hall–Kier alpha value is -2.83. The van der Waals surface area contributed by atoms with Crippen molar-refractivity contribution in [2.24, 2.45) is 5.92 Å². The molecule has 0 saturated carbocycles. The minimum Gasteiger partial charge on any atom is -0.444 e. The standard InChI is InChI=1S/C33H55N3O4/c1-9-12-14-15-17-22-36(31(38)28(23-25(4)5)35-32(39)40-33(6,7)8)29(30(37)34-21-16-13-10-2)27-20-18-19-26(11-3)24-27/h11,18-20,24-25,28-29H,3,9-10,12-17,21-23H2,1-2,4-8H3,(H,34,37)(H,35,39). The van der Waals surface area contributed by atoms with E-state index in [1.165, 1.54) is 0 Å². The molecule has 0 saturated heterocycles. The van der Waals surface area contributed by atoms with E-state index in [-0.39, 0.29) is 17.7 Å². The molecule has 1 aromatic rings. The maximum absolute atomic E-state index is 14.3. The summed E-state index contributed by atoms with van der Waals surface area (Å²) in [5, 5.41) is 5.90. The number of amides is 3. The Bertz CT molecular complexity index is 923. The van der Waals surface area contributed by atoms with Gasteiger partial charge in [0, 0.05) is 13.1 Å². The van der Waals surface area contributed by atoms with Crippen LogP contribution in [0.15, 0.2) is 30.8 Å². The molecule has 1 rings (SSSR count). The summed E-state index contributed by atoms with van der Waals surface area (Å²) in [7, 11) is 0. The van der Waals surface area contributed by atoms with Crippen LogP contribution in [0.1, 0.15) is 123 Å². The van der Waals surface area contributed by atoms with E-state index in [1.54, 1.807) is 31.7 Å². The molecule has 1 aromatic carbocycles. The average molecular weight is 558 g/mol. The maximum atomic E-state index is 14.3. The first kappa shape index (κ1) is 35.2. The van der Waals surface area contributed by atoms with Gasteiger partial charge in [0.1, 0.15) is 17.7 Å². The van der Waals surface area contributed by atoms with Crippen LogP contribution in [-0.4, -0.2) is 47.5 Å². The summed E-state index contributed by atoms with van der Waals surface area (Å²) >= 11 is 0. The van der Waals surface area contributed by atoms with Crippen LogP contribution in [0.3, 0.4) is 0 Å². The van der Waals surface area contributed by atoms with Crippen molar-refractivity contribution in [3.8, 4) is 0 Å². The number of nitrogens with one attached hydrogen (secondary N) is 2. The molecular weight excluding hydrogens is 502 g/mol. The van der Waals surface area contributed by atoms with Crippen LogP contribution >= 0.6 is 0 Å². The van der Waals surface area contributed by atoms with Crippen LogP contribution in [0.4, 0.5) is 4.79 Å². The second-order valence-electron chi connectivity index (χ2n) is 12.0. The fourth-order valence-electron chi connectivity index (χ4n) is 4.61. The Balaban J connectivity index is 3.48. The molecule has 40 heavy (non-hydrogen) atoms. The number of nitrogens with zero attached hydrogens (tertiary/aromatic N) is 1. The minimum absolute atomic E-state index is 0.140. The van der Waals surface area contributed by atoms with Crippen molar-refractivity contribution < 1.29 is 19.1 Å². The fourth-order valence-corrected chi connectivity index (χ4v) is 4.61. The van der Waals surface area contributed by atoms with E-state index in [1.807, 2.05) is 38.1 Å². The minimum atomic E-state index is -0.824. The van der Waals surface area contributed by atoms with Gasteiger partial charge in [0.05, 0.1) is 0 Å². The van der Waals surface area contributed by atoms with Gasteiger partial charge in [-0.3, -0.25) is 9.59 Å². The summed E-state index contributed by atoms with van der Waals surface area (Å²) < 4.78 is 5.49. The van der Waals surface area contributed by atoms with E-state index < -0.39 is 23.8 Å². The highest BCUT2D eigenvalue weighted by atomic mass is 16.6. The Morgan fingerprint density at radius 1 is 1.00 bits per heavy atom. The van der Waals surface area contributed by atoms with Gasteiger partial charge in [-0.05, 0) is 63.1 Å². The number of carbonyl (C=O) groups excluding carboxylic acids is 3. The molecule has 3 amide bonds. The molecule has 0 fully saturated rings. The van der Waals surface area contributed by atoms with E-state index in [0.717, 1.165) is 62.5 Å². The van der Waals surface area contributed by atoms with Crippen molar-refractivity contribution in [2.75, 3.05) is 13.1 Å². The lowest BCUT2D eigenvalue weighted by molar-refractivity contribution is -0.143. The lowest BCUT2D eigenvalue weighted by Crippen LogP contribution is -2.53. The summed E-state index contributed by atoms with van der Waals surface area (Å²) in [6.07, 6.45) is 9.55. The molecule has 0 radical (unpaired) electrons. The van der Waals surface area contributed by atoms with E-state index in [0.29, 0.717) is 19.5 Å². The van der Waals surface area contributed by atoms with E-state index in [4.69, 9.17) is 4.74 Å². The third kappa shape index (κ3) is 13.5. The van der Waals surface area contributed by atoms with E-state index in [2.05, 4.69) is 31.1 Å². The van der Waals surface area contributed by atoms with Gasteiger partial charge in [-0.15, -0.1) is 0 Å². The van der Waals surface area contributed by atoms with Crippen molar-refractivity contribution in [1.29, 1.82) is 0 Å². The largest absolute Gasteiger partial charge is 0.444 e. The van der Waals surface area contributed by atoms with Gasteiger partial charge in [-0.25, -0.2) is 4.79 Å². The monoisotopic (exact) mass is 557 g/mol. The zero-order chi connectivity index (χ0) is 30.1. The third-order valence-corrected chi connectivity index (χ3v) is 6.58. The second-order valence-corrected chi connectivity index (χ2v) is 12.0. The number of alkyl carbamates (subject to hydrolysis) is 1. The summed E-state index contributed by atoms with van der Waals surface area (Å²) in [5.74, 6) is -0.340. The van der Waals surface area contributed by atoms with E-state index in [9.17, 15) is 14.4 Å². The SMILES string of the molecule is C=Cc1cccc(C(C(=O)NCCCCC)N(CCCCCCC)C(=O)C(CC(C)C)NC(=O)OC(C)(C)C)c1. The van der Waals surface area contributed by atoms with Gasteiger partial charge >= 0.3 is 6.09 Å². The van der Waals surface area contributed by atoms with E-state index >= 15 is 0 Å². The number of benzene rings is 1. The number of hydrogen-bond acceptors (Lipinski definition) is 4. The van der Waals surface area contributed by atoms with Crippen LogP contribution in [0, 0.1) is 5.92 Å². The molecule has 0 aromatic heterocycles. The molecular formula is C33H55N3O4. The summed E-state index contributed by atoms with van der Waals surface area (Å²) in [4.78, 5) is 42.6. The van der Waals surface area contributed by atoms with Gasteiger partial charge in [0.15, 0.2) is 0 Å². The first-order valence-corrected chi connectivity index (χ1v) is 15.2. The zero-order valence-electron chi connectivity index (χ0n) is 26.2. The number of hydrogen-bond donors (Lipinski definition) is 2. The Morgan fingerprint density at radius 2 is 1.65 bits per heavy atom. The maximum Gasteiger partial charge on any atom is 0.408 e.